The van der Waals surface area contributed by atoms with Crippen LogP contribution in [-0.2, 0) is 9.53 Å². The second-order valence-corrected chi connectivity index (χ2v) is 5.39. The average Bonchev–Trinajstić information content (AvgIpc) is 2.51. The predicted molar refractivity (Wildman–Crippen MR) is 84.3 cm³/mol. The molecule has 3 amide bonds. The number of hydrogen-bond donors (Lipinski definition) is 2. The van der Waals surface area contributed by atoms with Gasteiger partial charge in [-0.1, -0.05) is 26.0 Å². The lowest BCUT2D eigenvalue weighted by molar-refractivity contribution is -0.131. The molecule has 1 heterocycles. The second kappa shape index (κ2) is 6.95. The topological polar surface area (TPSA) is 129 Å². The summed E-state index contributed by atoms with van der Waals surface area (Å²) in [5.41, 5.74) is 4.70. The van der Waals surface area contributed by atoms with Crippen molar-refractivity contribution >= 4 is 28.9 Å². The number of imide groups is 1. The molecule has 2 aromatic rings. The molecule has 0 aliphatic heterocycles. The Labute approximate surface area is 136 Å². The number of fused-ring (bicyclic) bond motifs is 1. The summed E-state index contributed by atoms with van der Waals surface area (Å²) in [4.78, 5) is 46.8. The van der Waals surface area contributed by atoms with Crippen LogP contribution >= 0.6 is 0 Å². The summed E-state index contributed by atoms with van der Waals surface area (Å²) in [7, 11) is 0. The van der Waals surface area contributed by atoms with Gasteiger partial charge in [0.2, 0.25) is 5.76 Å². The lowest BCUT2D eigenvalue weighted by Crippen LogP contribution is -2.45. The van der Waals surface area contributed by atoms with Gasteiger partial charge < -0.3 is 14.9 Å². The molecule has 0 saturated carbocycles. The number of urea groups is 1. The maximum Gasteiger partial charge on any atom is 0.375 e. The lowest BCUT2D eigenvalue weighted by atomic mass is 10.1. The zero-order chi connectivity index (χ0) is 17.9. The van der Waals surface area contributed by atoms with E-state index in [2.05, 4.69) is 0 Å². The zero-order valence-electron chi connectivity index (χ0n) is 13.1. The number of carbonyl (C=O) groups is 3. The summed E-state index contributed by atoms with van der Waals surface area (Å²) >= 11 is 0. The summed E-state index contributed by atoms with van der Waals surface area (Å²) in [5.74, 6) is -2.61. The Hall–Kier alpha value is -3.16. The van der Waals surface area contributed by atoms with Crippen LogP contribution in [0.25, 0.3) is 11.0 Å². The molecule has 24 heavy (non-hydrogen) atoms. The molecule has 0 bridgehead atoms. The number of nitrogens with two attached hydrogens (primary N) is 1. The monoisotopic (exact) mass is 332 g/mol. The molecule has 0 aliphatic carbocycles. The normalized spacial score (nSPS) is 12.0. The molecule has 126 valence electrons. The van der Waals surface area contributed by atoms with Crippen molar-refractivity contribution in [2.75, 3.05) is 0 Å². The van der Waals surface area contributed by atoms with Crippen molar-refractivity contribution < 1.29 is 23.5 Å². The molecule has 1 aromatic heterocycles. The van der Waals surface area contributed by atoms with Crippen molar-refractivity contribution in [1.82, 2.24) is 5.32 Å². The Morgan fingerprint density at radius 2 is 1.88 bits per heavy atom. The molecular weight excluding hydrogens is 316 g/mol. The van der Waals surface area contributed by atoms with Gasteiger partial charge in [-0.3, -0.25) is 14.9 Å². The van der Waals surface area contributed by atoms with E-state index in [1.807, 2.05) is 5.32 Å². The van der Waals surface area contributed by atoms with Gasteiger partial charge in [0.15, 0.2) is 11.5 Å². The number of ether oxygens (including phenoxy) is 1. The highest BCUT2D eigenvalue weighted by atomic mass is 16.6. The lowest BCUT2D eigenvalue weighted by Gasteiger charge is -2.19. The molecule has 0 spiro atoms. The summed E-state index contributed by atoms with van der Waals surface area (Å²) in [6.07, 6.45) is -1.26. The van der Waals surface area contributed by atoms with E-state index in [4.69, 9.17) is 14.9 Å². The smallest absolute Gasteiger partial charge is 0.375 e. The fraction of sp³-hybridized carbons (Fsp3) is 0.250. The van der Waals surface area contributed by atoms with Crippen molar-refractivity contribution in [3.05, 3.63) is 46.3 Å². The maximum absolute atomic E-state index is 12.2. The van der Waals surface area contributed by atoms with Gasteiger partial charge in [0, 0.05) is 6.07 Å². The highest BCUT2D eigenvalue weighted by molar-refractivity contribution is 5.98. The minimum absolute atomic E-state index is 0.222. The first-order chi connectivity index (χ1) is 11.3. The molecule has 3 N–H and O–H groups in total. The van der Waals surface area contributed by atoms with Gasteiger partial charge in [0.1, 0.15) is 5.58 Å². The summed E-state index contributed by atoms with van der Waals surface area (Å²) in [6.45, 7) is 3.24. The Bertz CT molecular complexity index is 855. The fourth-order valence-corrected chi connectivity index (χ4v) is 2.06. The van der Waals surface area contributed by atoms with Crippen LogP contribution in [0.3, 0.4) is 0 Å². The minimum atomic E-state index is -1.26. The van der Waals surface area contributed by atoms with Crippen LogP contribution in [0.5, 0.6) is 0 Å². The van der Waals surface area contributed by atoms with Crippen LogP contribution in [0.15, 0.2) is 39.5 Å². The third kappa shape index (κ3) is 3.78. The van der Waals surface area contributed by atoms with Gasteiger partial charge >= 0.3 is 12.0 Å². The number of rotatable bonds is 4. The number of para-hydroxylation sites is 1. The van der Waals surface area contributed by atoms with E-state index in [9.17, 15) is 19.2 Å². The molecule has 0 saturated heterocycles. The average molecular weight is 332 g/mol. The Morgan fingerprint density at radius 1 is 1.21 bits per heavy atom. The Morgan fingerprint density at radius 3 is 2.50 bits per heavy atom. The van der Waals surface area contributed by atoms with Crippen molar-refractivity contribution in [1.29, 1.82) is 0 Å². The van der Waals surface area contributed by atoms with Crippen molar-refractivity contribution in [2.45, 2.75) is 20.0 Å². The molecule has 8 nitrogen and oxygen atoms in total. The molecular formula is C16H16N2O6. The van der Waals surface area contributed by atoms with Crippen LogP contribution in [0.4, 0.5) is 4.79 Å². The van der Waals surface area contributed by atoms with Crippen molar-refractivity contribution in [2.24, 2.45) is 11.7 Å². The molecule has 0 fully saturated rings. The van der Waals surface area contributed by atoms with Crippen LogP contribution in [0.1, 0.15) is 24.4 Å². The first kappa shape index (κ1) is 17.2. The predicted octanol–water partition coefficient (Wildman–Crippen LogP) is 1.17. The van der Waals surface area contributed by atoms with Gasteiger partial charge in [-0.25, -0.2) is 9.59 Å². The van der Waals surface area contributed by atoms with Crippen LogP contribution < -0.4 is 16.5 Å². The number of carbonyl (C=O) groups excluding carboxylic acids is 3. The quantitative estimate of drug-likeness (QED) is 0.809. The van der Waals surface area contributed by atoms with Crippen LogP contribution in [0, 0.1) is 5.92 Å². The highest BCUT2D eigenvalue weighted by Gasteiger charge is 2.29. The number of esters is 1. The van der Waals surface area contributed by atoms with E-state index in [-0.39, 0.29) is 11.3 Å². The first-order valence-electron chi connectivity index (χ1n) is 7.13. The zero-order valence-corrected chi connectivity index (χ0v) is 13.1. The summed E-state index contributed by atoms with van der Waals surface area (Å²) in [6, 6.07) is 6.35. The minimum Gasteiger partial charge on any atom is -0.449 e. The van der Waals surface area contributed by atoms with E-state index in [1.54, 1.807) is 32.0 Å². The highest BCUT2D eigenvalue weighted by Crippen LogP contribution is 2.15. The maximum atomic E-state index is 12.2. The Kier molecular flexibility index (Phi) is 4.98. The van der Waals surface area contributed by atoms with Crippen LogP contribution in [0.2, 0.25) is 0 Å². The largest absolute Gasteiger partial charge is 0.449 e. The van der Waals surface area contributed by atoms with Gasteiger partial charge in [-0.05, 0) is 18.1 Å². The molecule has 8 heteroatoms. The molecule has 1 aromatic carbocycles. The second-order valence-electron chi connectivity index (χ2n) is 5.39. The number of benzene rings is 1. The van der Waals surface area contributed by atoms with E-state index < -0.39 is 35.4 Å². The number of nitrogens with one attached hydrogen (secondary N) is 1. The van der Waals surface area contributed by atoms with Gasteiger partial charge in [-0.2, -0.15) is 0 Å². The third-order valence-electron chi connectivity index (χ3n) is 3.18. The molecule has 0 unspecified atom stereocenters. The van der Waals surface area contributed by atoms with E-state index in [0.29, 0.717) is 5.39 Å². The third-order valence-corrected chi connectivity index (χ3v) is 3.18. The molecule has 1 atom stereocenters. The molecule has 0 aliphatic rings. The van der Waals surface area contributed by atoms with Gasteiger partial charge in [0.05, 0.1) is 5.39 Å². The standard InChI is InChI=1S/C16H16N2O6/c1-8(2)13(14(20)18-16(17)22)24-15(21)12-7-10(19)9-5-3-4-6-11(9)23-12/h3-8,13H,1-2H3,(H3,17,18,20,22)/t13-/m1/s1. The van der Waals surface area contributed by atoms with Crippen molar-refractivity contribution in [3.63, 3.8) is 0 Å². The first-order valence-corrected chi connectivity index (χ1v) is 7.13. The van der Waals surface area contributed by atoms with E-state index in [0.717, 1.165) is 6.07 Å². The SMILES string of the molecule is CC(C)[C@@H](OC(=O)c1cc(=O)c2ccccc2o1)C(=O)NC(N)=O. The summed E-state index contributed by atoms with van der Waals surface area (Å²) in [5, 5.41) is 2.17. The number of hydrogen-bond acceptors (Lipinski definition) is 6. The van der Waals surface area contributed by atoms with Gasteiger partial charge in [-0.15, -0.1) is 0 Å². The van der Waals surface area contributed by atoms with E-state index >= 15 is 0 Å². The van der Waals surface area contributed by atoms with Gasteiger partial charge in [0.25, 0.3) is 5.91 Å². The summed E-state index contributed by atoms with van der Waals surface area (Å²) < 4.78 is 10.4. The number of amides is 3. The van der Waals surface area contributed by atoms with Crippen LogP contribution in [-0.4, -0.2) is 24.0 Å². The Balaban J connectivity index is 2.29. The van der Waals surface area contributed by atoms with E-state index in [1.165, 1.54) is 6.07 Å². The number of primary amides is 1. The molecule has 0 radical (unpaired) electrons. The van der Waals surface area contributed by atoms with Crippen molar-refractivity contribution in [3.8, 4) is 0 Å². The fourth-order valence-electron chi connectivity index (χ4n) is 2.06. The molecule has 2 rings (SSSR count).